The molecular weight excluding hydrogens is 210 g/mol. The summed E-state index contributed by atoms with van der Waals surface area (Å²) in [5.41, 5.74) is 1.31. The highest BCUT2D eigenvalue weighted by Gasteiger charge is 2.04. The van der Waals surface area contributed by atoms with Gasteiger partial charge in [0, 0.05) is 25.8 Å². The van der Waals surface area contributed by atoms with E-state index in [1.54, 1.807) is 0 Å². The van der Waals surface area contributed by atoms with Crippen molar-refractivity contribution < 1.29 is 0 Å². The van der Waals surface area contributed by atoms with Gasteiger partial charge in [-0.1, -0.05) is 13.8 Å². The molecule has 0 fully saturated rings. The lowest BCUT2D eigenvalue weighted by Gasteiger charge is -2.20. The minimum absolute atomic E-state index is 0.694. The number of pyridine rings is 1. The molecule has 0 aliphatic rings. The second-order valence-electron chi connectivity index (χ2n) is 4.72. The van der Waals surface area contributed by atoms with Gasteiger partial charge in [-0.15, -0.1) is 0 Å². The van der Waals surface area contributed by atoms with Crippen molar-refractivity contribution in [2.24, 2.45) is 5.92 Å². The van der Waals surface area contributed by atoms with Crippen molar-refractivity contribution in [1.82, 2.24) is 10.3 Å². The van der Waals surface area contributed by atoms with Crippen LogP contribution in [0.1, 0.15) is 33.3 Å². The Morgan fingerprint density at radius 3 is 2.59 bits per heavy atom. The van der Waals surface area contributed by atoms with E-state index in [0.717, 1.165) is 32.0 Å². The Kier molecular flexibility index (Phi) is 5.98. The zero-order chi connectivity index (χ0) is 12.7. The summed E-state index contributed by atoms with van der Waals surface area (Å²) in [6, 6.07) is 4.26. The molecule has 96 valence electrons. The van der Waals surface area contributed by atoms with Crippen LogP contribution in [-0.2, 0) is 6.54 Å². The average Bonchev–Trinajstić information content (AvgIpc) is 2.31. The van der Waals surface area contributed by atoms with Crippen LogP contribution in [0.5, 0.6) is 0 Å². The number of nitrogens with zero attached hydrogens (tertiary/aromatic N) is 2. The number of nitrogens with one attached hydrogen (secondary N) is 1. The van der Waals surface area contributed by atoms with Gasteiger partial charge < -0.3 is 10.2 Å². The second-order valence-corrected chi connectivity index (χ2v) is 4.72. The van der Waals surface area contributed by atoms with Gasteiger partial charge in [0.1, 0.15) is 5.82 Å². The highest BCUT2D eigenvalue weighted by molar-refractivity contribution is 5.40. The molecule has 0 aliphatic carbocycles. The molecule has 1 heterocycles. The van der Waals surface area contributed by atoms with Crippen LogP contribution in [0.2, 0.25) is 0 Å². The first kappa shape index (κ1) is 14.0. The monoisotopic (exact) mass is 235 g/mol. The average molecular weight is 235 g/mol. The van der Waals surface area contributed by atoms with E-state index in [0.29, 0.717) is 5.92 Å². The van der Waals surface area contributed by atoms with E-state index in [-0.39, 0.29) is 0 Å². The molecule has 1 rings (SSSR count). The summed E-state index contributed by atoms with van der Waals surface area (Å²) in [6.07, 6.45) is 1.90. The molecule has 0 unspecified atom stereocenters. The summed E-state index contributed by atoms with van der Waals surface area (Å²) in [4.78, 5) is 6.69. The first-order valence-electron chi connectivity index (χ1n) is 6.58. The summed E-state index contributed by atoms with van der Waals surface area (Å²) in [5, 5.41) is 3.46. The van der Waals surface area contributed by atoms with Crippen LogP contribution < -0.4 is 10.2 Å². The minimum Gasteiger partial charge on any atom is -0.357 e. The molecule has 1 N–H and O–H groups in total. The maximum atomic E-state index is 4.42. The molecule has 0 atom stereocenters. The SMILES string of the molecule is CCN(CC)c1cc(CNCC(C)C)ccn1. The Bertz CT molecular complexity index is 319. The van der Waals surface area contributed by atoms with Crippen LogP contribution in [0.3, 0.4) is 0 Å². The lowest BCUT2D eigenvalue weighted by Crippen LogP contribution is -2.23. The van der Waals surface area contributed by atoms with Crippen LogP contribution in [0.4, 0.5) is 5.82 Å². The fourth-order valence-corrected chi connectivity index (χ4v) is 1.80. The Balaban J connectivity index is 2.59. The second kappa shape index (κ2) is 7.28. The van der Waals surface area contributed by atoms with Crippen molar-refractivity contribution in [3.05, 3.63) is 23.9 Å². The maximum absolute atomic E-state index is 4.42. The summed E-state index contributed by atoms with van der Waals surface area (Å²) >= 11 is 0. The van der Waals surface area contributed by atoms with E-state index in [4.69, 9.17) is 0 Å². The van der Waals surface area contributed by atoms with Crippen LogP contribution in [0.25, 0.3) is 0 Å². The standard InChI is InChI=1S/C14H25N3/c1-5-17(6-2)14-9-13(7-8-16-14)11-15-10-12(3)4/h7-9,12,15H,5-6,10-11H2,1-4H3. The fourth-order valence-electron chi connectivity index (χ4n) is 1.80. The molecule has 0 radical (unpaired) electrons. The van der Waals surface area contributed by atoms with Crippen molar-refractivity contribution >= 4 is 5.82 Å². The highest BCUT2D eigenvalue weighted by Crippen LogP contribution is 2.12. The largest absolute Gasteiger partial charge is 0.357 e. The normalized spacial score (nSPS) is 10.9. The predicted molar refractivity (Wildman–Crippen MR) is 74.3 cm³/mol. The van der Waals surface area contributed by atoms with Gasteiger partial charge in [0.2, 0.25) is 0 Å². The van der Waals surface area contributed by atoms with E-state index in [1.165, 1.54) is 5.56 Å². The smallest absolute Gasteiger partial charge is 0.128 e. The molecular formula is C14H25N3. The van der Waals surface area contributed by atoms with E-state index in [9.17, 15) is 0 Å². The Labute approximate surface area is 105 Å². The van der Waals surface area contributed by atoms with Gasteiger partial charge in [-0.05, 0) is 44.0 Å². The summed E-state index contributed by atoms with van der Waals surface area (Å²) < 4.78 is 0. The van der Waals surface area contributed by atoms with Crippen LogP contribution >= 0.6 is 0 Å². The van der Waals surface area contributed by atoms with Crippen molar-refractivity contribution in [3.8, 4) is 0 Å². The zero-order valence-electron chi connectivity index (χ0n) is 11.5. The van der Waals surface area contributed by atoms with Crippen molar-refractivity contribution in [3.63, 3.8) is 0 Å². The molecule has 1 aromatic rings. The van der Waals surface area contributed by atoms with Crippen molar-refractivity contribution in [2.45, 2.75) is 34.2 Å². The predicted octanol–water partition coefficient (Wildman–Crippen LogP) is 2.67. The third-order valence-electron chi connectivity index (χ3n) is 2.78. The van der Waals surface area contributed by atoms with Gasteiger partial charge in [0.25, 0.3) is 0 Å². The lowest BCUT2D eigenvalue weighted by atomic mass is 10.2. The Hall–Kier alpha value is -1.09. The van der Waals surface area contributed by atoms with Gasteiger partial charge in [-0.2, -0.15) is 0 Å². The van der Waals surface area contributed by atoms with E-state index >= 15 is 0 Å². The molecule has 3 heteroatoms. The number of hydrogen-bond acceptors (Lipinski definition) is 3. The molecule has 1 aromatic heterocycles. The Morgan fingerprint density at radius 1 is 1.29 bits per heavy atom. The molecule has 0 saturated carbocycles. The van der Waals surface area contributed by atoms with Gasteiger partial charge in [-0.3, -0.25) is 0 Å². The molecule has 0 saturated heterocycles. The first-order valence-corrected chi connectivity index (χ1v) is 6.58. The summed E-state index contributed by atoms with van der Waals surface area (Å²) in [6.45, 7) is 12.8. The van der Waals surface area contributed by atoms with Gasteiger partial charge in [0.15, 0.2) is 0 Å². The van der Waals surface area contributed by atoms with Gasteiger partial charge in [0.05, 0.1) is 0 Å². The van der Waals surface area contributed by atoms with Crippen LogP contribution in [0, 0.1) is 5.92 Å². The van der Waals surface area contributed by atoms with E-state index in [2.05, 4.69) is 55.0 Å². The molecule has 0 bridgehead atoms. The molecule has 0 aromatic carbocycles. The number of anilines is 1. The fraction of sp³-hybridized carbons (Fsp3) is 0.643. The molecule has 0 amide bonds. The van der Waals surface area contributed by atoms with Crippen molar-refractivity contribution in [1.29, 1.82) is 0 Å². The molecule has 17 heavy (non-hydrogen) atoms. The lowest BCUT2D eigenvalue weighted by molar-refractivity contribution is 0.552. The van der Waals surface area contributed by atoms with Crippen molar-refractivity contribution in [2.75, 3.05) is 24.5 Å². The number of rotatable bonds is 7. The maximum Gasteiger partial charge on any atom is 0.128 e. The summed E-state index contributed by atoms with van der Waals surface area (Å²) in [7, 11) is 0. The summed E-state index contributed by atoms with van der Waals surface area (Å²) in [5.74, 6) is 1.78. The molecule has 0 spiro atoms. The van der Waals surface area contributed by atoms with E-state index < -0.39 is 0 Å². The third-order valence-corrected chi connectivity index (χ3v) is 2.78. The topological polar surface area (TPSA) is 28.2 Å². The van der Waals surface area contributed by atoms with Crippen LogP contribution in [0.15, 0.2) is 18.3 Å². The Morgan fingerprint density at radius 2 is 2.00 bits per heavy atom. The quantitative estimate of drug-likeness (QED) is 0.787. The van der Waals surface area contributed by atoms with Gasteiger partial charge in [-0.25, -0.2) is 4.98 Å². The molecule has 3 nitrogen and oxygen atoms in total. The van der Waals surface area contributed by atoms with Crippen LogP contribution in [-0.4, -0.2) is 24.6 Å². The molecule has 0 aliphatic heterocycles. The third kappa shape index (κ3) is 4.73. The van der Waals surface area contributed by atoms with E-state index in [1.807, 2.05) is 6.20 Å². The zero-order valence-corrected chi connectivity index (χ0v) is 11.5. The number of aromatic nitrogens is 1. The minimum atomic E-state index is 0.694. The van der Waals surface area contributed by atoms with Gasteiger partial charge >= 0.3 is 0 Å². The first-order chi connectivity index (χ1) is 8.17. The number of hydrogen-bond donors (Lipinski definition) is 1. The highest BCUT2D eigenvalue weighted by atomic mass is 15.2.